The molecule has 0 fully saturated rings. The summed E-state index contributed by atoms with van der Waals surface area (Å²) >= 11 is 0. The summed E-state index contributed by atoms with van der Waals surface area (Å²) < 4.78 is 1.67. The van der Waals surface area contributed by atoms with Crippen molar-refractivity contribution in [3.63, 3.8) is 0 Å². The van der Waals surface area contributed by atoms with Crippen molar-refractivity contribution in [3.8, 4) is 0 Å². The molecule has 21 heavy (non-hydrogen) atoms. The van der Waals surface area contributed by atoms with E-state index in [2.05, 4.69) is 20.4 Å². The van der Waals surface area contributed by atoms with Crippen LogP contribution in [-0.2, 0) is 4.79 Å². The smallest absolute Gasteiger partial charge is 0.352 e. The van der Waals surface area contributed by atoms with Crippen molar-refractivity contribution in [1.29, 1.82) is 0 Å². The number of benzene rings is 1. The van der Waals surface area contributed by atoms with E-state index < -0.39 is 5.97 Å². The molecule has 0 unspecified atom stereocenters. The van der Waals surface area contributed by atoms with Crippen LogP contribution in [0.3, 0.4) is 0 Å². The van der Waals surface area contributed by atoms with Gasteiger partial charge in [0.2, 0.25) is 5.95 Å². The summed E-state index contributed by atoms with van der Waals surface area (Å²) in [5.74, 6) is -0.598. The summed E-state index contributed by atoms with van der Waals surface area (Å²) in [4.78, 5) is 18.5. The number of H-pyrrole nitrogens is 1. The molecule has 4 rings (SSSR count). The van der Waals surface area contributed by atoms with Crippen LogP contribution in [0, 0.1) is 0 Å². The molecule has 3 aromatic rings. The van der Waals surface area contributed by atoms with Crippen molar-refractivity contribution in [1.82, 2.24) is 19.7 Å². The predicted octanol–water partition coefficient (Wildman–Crippen LogP) is 1.74. The second-order valence-electron chi connectivity index (χ2n) is 4.77. The Kier molecular flexibility index (Phi) is 2.34. The van der Waals surface area contributed by atoms with E-state index in [1.54, 1.807) is 10.8 Å². The van der Waals surface area contributed by atoms with Gasteiger partial charge < -0.3 is 15.4 Å². The highest BCUT2D eigenvalue weighted by Crippen LogP contribution is 2.32. The lowest BCUT2D eigenvalue weighted by molar-refractivity contribution is -0.132. The number of aromatic nitrogens is 4. The van der Waals surface area contributed by atoms with E-state index in [9.17, 15) is 9.90 Å². The number of carbonyl (C=O) groups is 1. The van der Waals surface area contributed by atoms with Gasteiger partial charge in [0, 0.05) is 22.7 Å². The molecule has 0 bridgehead atoms. The second-order valence-corrected chi connectivity index (χ2v) is 4.77. The van der Waals surface area contributed by atoms with E-state index in [1.807, 2.05) is 30.5 Å². The molecular weight excluding hydrogens is 270 g/mol. The number of carboxylic acids is 1. The molecule has 0 spiro atoms. The Morgan fingerprint density at radius 2 is 2.19 bits per heavy atom. The second kappa shape index (κ2) is 4.20. The van der Waals surface area contributed by atoms with Crippen LogP contribution >= 0.6 is 0 Å². The fourth-order valence-corrected chi connectivity index (χ4v) is 2.62. The van der Waals surface area contributed by atoms with Crippen LogP contribution < -0.4 is 5.32 Å². The molecule has 0 saturated carbocycles. The Balaban J connectivity index is 1.93. The monoisotopic (exact) mass is 281 g/mol. The van der Waals surface area contributed by atoms with Gasteiger partial charge in [0.05, 0.1) is 0 Å². The number of nitrogens with zero attached hydrogens (tertiary/aromatic N) is 3. The normalized spacial score (nSPS) is 17.1. The fraction of sp³-hybridized carbons (Fsp3) is 0.0714. The minimum absolute atomic E-state index is 0.103. The molecule has 7 nitrogen and oxygen atoms in total. The predicted molar refractivity (Wildman–Crippen MR) is 75.8 cm³/mol. The van der Waals surface area contributed by atoms with Gasteiger partial charge in [-0.05, 0) is 12.1 Å². The number of aromatic amines is 1. The lowest BCUT2D eigenvalue weighted by Crippen LogP contribution is -2.24. The first-order valence-corrected chi connectivity index (χ1v) is 6.41. The molecule has 3 heterocycles. The zero-order chi connectivity index (χ0) is 14.4. The first-order chi connectivity index (χ1) is 10.2. The van der Waals surface area contributed by atoms with Crippen LogP contribution in [-0.4, -0.2) is 30.8 Å². The van der Waals surface area contributed by atoms with Crippen LogP contribution in [0.15, 0.2) is 48.6 Å². The Hall–Kier alpha value is -3.09. The molecule has 3 N–H and O–H groups in total. The standard InChI is InChI=1S/C14H11N5O2/c20-13(21)11-5-12(19-14(18-11)16-7-17-19)9-6-15-10-4-2-1-3-8(9)10/h1-7,12,15H,(H,20,21)(H,16,17,18)/t12-/m1/s1. The summed E-state index contributed by atoms with van der Waals surface area (Å²) in [7, 11) is 0. The maximum Gasteiger partial charge on any atom is 0.352 e. The van der Waals surface area contributed by atoms with E-state index in [0.717, 1.165) is 16.5 Å². The molecule has 1 aromatic carbocycles. The zero-order valence-corrected chi connectivity index (χ0v) is 10.8. The van der Waals surface area contributed by atoms with Gasteiger partial charge in [-0.1, -0.05) is 18.2 Å². The van der Waals surface area contributed by atoms with Crippen LogP contribution in [0.5, 0.6) is 0 Å². The number of anilines is 1. The molecule has 2 aromatic heterocycles. The van der Waals surface area contributed by atoms with Gasteiger partial charge in [-0.25, -0.2) is 9.48 Å². The quantitative estimate of drug-likeness (QED) is 0.665. The fourth-order valence-electron chi connectivity index (χ4n) is 2.62. The van der Waals surface area contributed by atoms with Crippen molar-refractivity contribution in [2.75, 3.05) is 5.32 Å². The van der Waals surface area contributed by atoms with Crippen LogP contribution in [0.2, 0.25) is 0 Å². The van der Waals surface area contributed by atoms with Crippen molar-refractivity contribution in [3.05, 3.63) is 54.1 Å². The van der Waals surface area contributed by atoms with E-state index in [0.29, 0.717) is 5.95 Å². The van der Waals surface area contributed by atoms with E-state index in [-0.39, 0.29) is 11.7 Å². The van der Waals surface area contributed by atoms with Crippen molar-refractivity contribution in [2.45, 2.75) is 6.04 Å². The minimum atomic E-state index is -1.02. The SMILES string of the molecule is O=C(O)C1=C[C@H](c2c[nH]c3ccccc23)n2ncnc2N1. The minimum Gasteiger partial charge on any atom is -0.477 e. The Labute approximate surface area is 118 Å². The van der Waals surface area contributed by atoms with Crippen molar-refractivity contribution in [2.24, 2.45) is 0 Å². The summed E-state index contributed by atoms with van der Waals surface area (Å²) in [5, 5.41) is 17.2. The van der Waals surface area contributed by atoms with Gasteiger partial charge in [0.15, 0.2) is 0 Å². The first kappa shape index (κ1) is 11.7. The maximum atomic E-state index is 11.3. The number of allylic oxidation sites excluding steroid dienone is 1. The lowest BCUT2D eigenvalue weighted by atomic mass is 10.0. The van der Waals surface area contributed by atoms with E-state index >= 15 is 0 Å². The topological polar surface area (TPSA) is 95.8 Å². The summed E-state index contributed by atoms with van der Waals surface area (Å²) in [6, 6.07) is 7.55. The van der Waals surface area contributed by atoms with Gasteiger partial charge in [0.1, 0.15) is 18.1 Å². The highest BCUT2D eigenvalue weighted by Gasteiger charge is 2.27. The number of hydrogen-bond donors (Lipinski definition) is 3. The van der Waals surface area contributed by atoms with Crippen molar-refractivity contribution < 1.29 is 9.90 Å². The lowest BCUT2D eigenvalue weighted by Gasteiger charge is -2.21. The number of fused-ring (bicyclic) bond motifs is 2. The van der Waals surface area contributed by atoms with Crippen LogP contribution in [0.4, 0.5) is 5.95 Å². The average Bonchev–Trinajstić information content (AvgIpc) is 3.12. The molecule has 1 aliphatic rings. The summed E-state index contributed by atoms with van der Waals surface area (Å²) in [6.07, 6.45) is 4.92. The molecule has 7 heteroatoms. The largest absolute Gasteiger partial charge is 0.477 e. The average molecular weight is 281 g/mol. The number of carboxylic acid groups (broad SMARTS) is 1. The third-order valence-corrected chi connectivity index (χ3v) is 3.58. The molecular formula is C14H11N5O2. The number of hydrogen-bond acceptors (Lipinski definition) is 4. The number of nitrogens with one attached hydrogen (secondary N) is 2. The van der Waals surface area contributed by atoms with Gasteiger partial charge in [-0.2, -0.15) is 10.1 Å². The molecule has 0 radical (unpaired) electrons. The third-order valence-electron chi connectivity index (χ3n) is 3.58. The molecule has 0 aliphatic carbocycles. The molecule has 1 atom stereocenters. The Bertz CT molecular complexity index is 876. The number of para-hydroxylation sites is 1. The maximum absolute atomic E-state index is 11.3. The Morgan fingerprint density at radius 3 is 3.05 bits per heavy atom. The van der Waals surface area contributed by atoms with Gasteiger partial charge in [-0.15, -0.1) is 0 Å². The van der Waals surface area contributed by atoms with Crippen LogP contribution in [0.25, 0.3) is 10.9 Å². The first-order valence-electron chi connectivity index (χ1n) is 6.41. The summed E-state index contributed by atoms with van der Waals surface area (Å²) in [6.45, 7) is 0. The number of rotatable bonds is 2. The number of aliphatic carboxylic acids is 1. The zero-order valence-electron chi connectivity index (χ0n) is 10.8. The molecule has 1 aliphatic heterocycles. The Morgan fingerprint density at radius 1 is 1.33 bits per heavy atom. The third kappa shape index (κ3) is 1.71. The van der Waals surface area contributed by atoms with E-state index in [1.165, 1.54) is 6.33 Å². The van der Waals surface area contributed by atoms with Crippen LogP contribution in [0.1, 0.15) is 11.6 Å². The van der Waals surface area contributed by atoms with Gasteiger partial charge in [-0.3, -0.25) is 0 Å². The molecule has 0 amide bonds. The van der Waals surface area contributed by atoms with Crippen molar-refractivity contribution >= 4 is 22.8 Å². The highest BCUT2D eigenvalue weighted by molar-refractivity contribution is 5.91. The highest BCUT2D eigenvalue weighted by atomic mass is 16.4. The van der Waals surface area contributed by atoms with Gasteiger partial charge >= 0.3 is 5.97 Å². The summed E-state index contributed by atoms with van der Waals surface area (Å²) in [5.41, 5.74) is 2.06. The molecule has 0 saturated heterocycles. The van der Waals surface area contributed by atoms with E-state index in [4.69, 9.17) is 0 Å². The molecule has 104 valence electrons. The van der Waals surface area contributed by atoms with Gasteiger partial charge in [0.25, 0.3) is 0 Å².